The van der Waals surface area contributed by atoms with E-state index in [4.69, 9.17) is 0 Å². The quantitative estimate of drug-likeness (QED) is 0.821. The van der Waals surface area contributed by atoms with Gasteiger partial charge in [-0.15, -0.1) is 11.3 Å². The van der Waals surface area contributed by atoms with Crippen LogP contribution in [0, 0.1) is 5.92 Å². The minimum atomic E-state index is 0.712. The fraction of sp³-hybridized carbons (Fsp3) is 0.357. The molecule has 0 aliphatic heterocycles. The van der Waals surface area contributed by atoms with Gasteiger partial charge in [-0.2, -0.15) is 0 Å². The van der Waals surface area contributed by atoms with Gasteiger partial charge in [0.25, 0.3) is 0 Å². The van der Waals surface area contributed by atoms with Crippen LogP contribution in [0.2, 0.25) is 0 Å². The molecule has 1 N–H and O–H groups in total. The molecule has 0 atom stereocenters. The number of nitrogens with zero attached hydrogens (tertiary/aromatic N) is 2. The van der Waals surface area contributed by atoms with Crippen LogP contribution in [0.5, 0.6) is 0 Å². The van der Waals surface area contributed by atoms with Crippen molar-refractivity contribution < 1.29 is 4.79 Å². The summed E-state index contributed by atoms with van der Waals surface area (Å²) in [5.41, 5.74) is 1.76. The summed E-state index contributed by atoms with van der Waals surface area (Å²) in [7, 11) is 0. The Morgan fingerprint density at radius 2 is 2.32 bits per heavy atom. The predicted octanol–water partition coefficient (Wildman–Crippen LogP) is 3.23. The highest BCUT2D eigenvalue weighted by atomic mass is 32.1. The number of rotatable bonds is 6. The Morgan fingerprint density at radius 1 is 1.42 bits per heavy atom. The summed E-state index contributed by atoms with van der Waals surface area (Å²) in [6, 6.07) is 1.84. The van der Waals surface area contributed by atoms with E-state index in [1.54, 1.807) is 12.4 Å². The molecule has 1 aliphatic rings. The molecule has 0 spiro atoms. The first-order valence-corrected chi connectivity index (χ1v) is 7.33. The highest BCUT2D eigenvalue weighted by Gasteiger charge is 2.20. The maximum Gasteiger partial charge on any atom is 0.160 e. The topological polar surface area (TPSA) is 54.9 Å². The summed E-state index contributed by atoms with van der Waals surface area (Å²) in [6.45, 7) is 0.950. The fourth-order valence-electron chi connectivity index (χ4n) is 1.95. The minimum absolute atomic E-state index is 0.712. The largest absolute Gasteiger partial charge is 0.369 e. The zero-order valence-electron chi connectivity index (χ0n) is 10.5. The molecule has 1 fully saturated rings. The van der Waals surface area contributed by atoms with E-state index in [2.05, 4.69) is 15.3 Å². The number of hydrogen-bond donors (Lipinski definition) is 1. The van der Waals surface area contributed by atoms with Crippen molar-refractivity contribution in [1.29, 1.82) is 0 Å². The number of anilines is 1. The summed E-state index contributed by atoms with van der Waals surface area (Å²) in [5, 5.41) is 5.24. The lowest BCUT2D eigenvalue weighted by Gasteiger charge is -2.05. The van der Waals surface area contributed by atoms with Crippen molar-refractivity contribution >= 4 is 23.4 Å². The molecular weight excluding hydrogens is 258 g/mol. The van der Waals surface area contributed by atoms with Gasteiger partial charge in [0.1, 0.15) is 5.82 Å². The normalized spacial score (nSPS) is 14.3. The zero-order chi connectivity index (χ0) is 13.1. The van der Waals surface area contributed by atoms with Crippen LogP contribution in [0.4, 0.5) is 5.82 Å². The van der Waals surface area contributed by atoms with Crippen molar-refractivity contribution in [2.24, 2.45) is 5.92 Å². The monoisotopic (exact) mass is 273 g/mol. The number of aromatic nitrogens is 2. The fourth-order valence-corrected chi connectivity index (χ4v) is 2.65. The van der Waals surface area contributed by atoms with Crippen LogP contribution in [0.15, 0.2) is 23.8 Å². The molecule has 0 bridgehead atoms. The van der Waals surface area contributed by atoms with E-state index in [1.807, 2.05) is 11.4 Å². The van der Waals surface area contributed by atoms with E-state index in [1.165, 1.54) is 30.6 Å². The average molecular weight is 273 g/mol. The van der Waals surface area contributed by atoms with Crippen LogP contribution in [-0.4, -0.2) is 22.8 Å². The third-order valence-corrected chi connectivity index (χ3v) is 4.08. The van der Waals surface area contributed by atoms with E-state index >= 15 is 0 Å². The lowest BCUT2D eigenvalue weighted by Crippen LogP contribution is -2.04. The molecule has 98 valence electrons. The average Bonchev–Trinajstić information content (AvgIpc) is 3.14. The van der Waals surface area contributed by atoms with Gasteiger partial charge >= 0.3 is 0 Å². The van der Waals surface area contributed by atoms with Gasteiger partial charge in [-0.3, -0.25) is 9.78 Å². The molecule has 1 aliphatic carbocycles. The summed E-state index contributed by atoms with van der Waals surface area (Å²) < 4.78 is 0. The lowest BCUT2D eigenvalue weighted by molar-refractivity contribution is 0.112. The lowest BCUT2D eigenvalue weighted by atomic mass is 10.2. The molecule has 0 radical (unpaired) electrons. The third kappa shape index (κ3) is 3.17. The zero-order valence-corrected chi connectivity index (χ0v) is 11.3. The smallest absolute Gasteiger partial charge is 0.160 e. The Morgan fingerprint density at radius 3 is 3.05 bits per heavy atom. The predicted molar refractivity (Wildman–Crippen MR) is 76.6 cm³/mol. The Balaban J connectivity index is 1.69. The number of nitrogens with one attached hydrogen (secondary N) is 1. The molecule has 0 amide bonds. The number of carbonyl (C=O) groups excluding carboxylic acids is 1. The molecule has 0 aromatic carbocycles. The first kappa shape index (κ1) is 12.3. The standard InChI is InChI=1S/C14H15N3OS/c18-8-12-5-11(9-19-12)13-6-15-7-14(17-13)16-4-3-10-1-2-10/h5-10H,1-4H2,(H,16,17). The molecule has 0 unspecified atom stereocenters. The molecule has 2 aromatic rings. The van der Waals surface area contributed by atoms with Gasteiger partial charge in [-0.25, -0.2) is 4.98 Å². The van der Waals surface area contributed by atoms with Crippen LogP contribution >= 0.6 is 11.3 Å². The summed E-state index contributed by atoms with van der Waals surface area (Å²) in [4.78, 5) is 20.1. The second-order valence-electron chi connectivity index (χ2n) is 4.80. The van der Waals surface area contributed by atoms with Crippen LogP contribution in [-0.2, 0) is 0 Å². The van der Waals surface area contributed by atoms with Gasteiger partial charge in [0.05, 0.1) is 23.0 Å². The number of thiophene rings is 1. The molecule has 0 saturated heterocycles. The molecule has 3 rings (SSSR count). The van der Waals surface area contributed by atoms with E-state index in [9.17, 15) is 4.79 Å². The van der Waals surface area contributed by atoms with E-state index in [0.29, 0.717) is 4.88 Å². The number of hydrogen-bond acceptors (Lipinski definition) is 5. The van der Waals surface area contributed by atoms with Gasteiger partial charge in [0, 0.05) is 17.5 Å². The van der Waals surface area contributed by atoms with Crippen molar-refractivity contribution in [2.45, 2.75) is 19.3 Å². The maximum absolute atomic E-state index is 10.7. The van der Waals surface area contributed by atoms with Gasteiger partial charge in [0.2, 0.25) is 0 Å². The SMILES string of the molecule is O=Cc1cc(-c2cncc(NCCC3CC3)n2)cs1. The van der Waals surface area contributed by atoms with Crippen molar-refractivity contribution in [3.63, 3.8) is 0 Å². The van der Waals surface area contributed by atoms with E-state index in [0.717, 1.165) is 35.8 Å². The summed E-state index contributed by atoms with van der Waals surface area (Å²) in [6.07, 6.45) is 8.28. The second kappa shape index (κ2) is 5.48. The molecule has 4 nitrogen and oxygen atoms in total. The first-order chi connectivity index (χ1) is 9.35. The van der Waals surface area contributed by atoms with Gasteiger partial charge in [-0.05, 0) is 18.4 Å². The maximum atomic E-state index is 10.7. The molecule has 19 heavy (non-hydrogen) atoms. The Hall–Kier alpha value is -1.75. The first-order valence-electron chi connectivity index (χ1n) is 6.45. The molecule has 5 heteroatoms. The number of aldehydes is 1. The summed E-state index contributed by atoms with van der Waals surface area (Å²) >= 11 is 1.42. The van der Waals surface area contributed by atoms with Crippen molar-refractivity contribution in [1.82, 2.24) is 9.97 Å². The van der Waals surface area contributed by atoms with E-state index in [-0.39, 0.29) is 0 Å². The van der Waals surface area contributed by atoms with Gasteiger partial charge < -0.3 is 5.32 Å². The van der Waals surface area contributed by atoms with Crippen LogP contribution in [0.1, 0.15) is 28.9 Å². The second-order valence-corrected chi connectivity index (χ2v) is 5.75. The highest BCUT2D eigenvalue weighted by molar-refractivity contribution is 7.12. The molecule has 1 saturated carbocycles. The Labute approximate surface area is 115 Å². The Kier molecular flexibility index (Phi) is 3.55. The van der Waals surface area contributed by atoms with Crippen LogP contribution < -0.4 is 5.32 Å². The third-order valence-electron chi connectivity index (χ3n) is 3.22. The highest BCUT2D eigenvalue weighted by Crippen LogP contribution is 2.32. The number of carbonyl (C=O) groups is 1. The molecular formula is C14H15N3OS. The van der Waals surface area contributed by atoms with Gasteiger partial charge in [0.15, 0.2) is 6.29 Å². The van der Waals surface area contributed by atoms with Crippen molar-refractivity contribution in [2.75, 3.05) is 11.9 Å². The van der Waals surface area contributed by atoms with Gasteiger partial charge in [-0.1, -0.05) is 12.8 Å². The minimum Gasteiger partial charge on any atom is -0.369 e. The van der Waals surface area contributed by atoms with Crippen molar-refractivity contribution in [3.05, 3.63) is 28.7 Å². The molecule has 2 heterocycles. The Bertz CT molecular complexity index is 578. The summed E-state index contributed by atoms with van der Waals surface area (Å²) in [5.74, 6) is 1.72. The molecule has 2 aromatic heterocycles. The van der Waals surface area contributed by atoms with Crippen molar-refractivity contribution in [3.8, 4) is 11.3 Å². The van der Waals surface area contributed by atoms with E-state index < -0.39 is 0 Å². The van der Waals surface area contributed by atoms with Crippen LogP contribution in [0.3, 0.4) is 0 Å². The van der Waals surface area contributed by atoms with Crippen LogP contribution in [0.25, 0.3) is 11.3 Å².